The van der Waals surface area contributed by atoms with Gasteiger partial charge in [-0.05, 0) is 19.8 Å². The van der Waals surface area contributed by atoms with E-state index in [4.69, 9.17) is 10.2 Å². The van der Waals surface area contributed by atoms with E-state index in [0.717, 1.165) is 6.92 Å². The van der Waals surface area contributed by atoms with E-state index in [1.54, 1.807) is 0 Å². The molecule has 0 amide bonds. The van der Waals surface area contributed by atoms with Crippen LogP contribution in [0.3, 0.4) is 0 Å². The fourth-order valence-electron chi connectivity index (χ4n) is 1.55. The van der Waals surface area contributed by atoms with Gasteiger partial charge in [0.2, 0.25) is 0 Å². The molecule has 0 aliphatic rings. The molecule has 0 aromatic rings. The first-order valence-electron chi connectivity index (χ1n) is 4.87. The van der Waals surface area contributed by atoms with Crippen LogP contribution in [0.5, 0.6) is 0 Å². The first-order valence-corrected chi connectivity index (χ1v) is 6.41. The zero-order valence-corrected chi connectivity index (χ0v) is 10.2. The lowest BCUT2D eigenvalue weighted by Gasteiger charge is -2.28. The highest BCUT2D eigenvalue weighted by Crippen LogP contribution is 2.30. The van der Waals surface area contributed by atoms with Crippen molar-refractivity contribution in [2.75, 3.05) is 0 Å². The second-order valence-corrected chi connectivity index (χ2v) is 6.11. The Morgan fingerprint density at radius 3 is 1.75 bits per heavy atom. The quantitative estimate of drug-likeness (QED) is 0.713. The van der Waals surface area contributed by atoms with E-state index in [2.05, 4.69) is 0 Å². The number of hydrogen-bond acceptors (Lipinski definition) is 4. The SMILES string of the molecule is CCC(CC)(C(=O)O)S(=O)(=O)C(C)C(=O)O. The Hall–Kier alpha value is -1.11. The predicted octanol–water partition coefficient (Wildman–Crippen LogP) is 0.518. The maximum absolute atomic E-state index is 11.9. The maximum atomic E-state index is 11.9. The molecule has 0 heterocycles. The molecule has 0 saturated heterocycles. The topological polar surface area (TPSA) is 109 Å². The summed E-state index contributed by atoms with van der Waals surface area (Å²) in [6.45, 7) is 3.83. The normalized spacial score (nSPS) is 14.4. The number of sulfone groups is 1. The lowest BCUT2D eigenvalue weighted by atomic mass is 10.0. The first-order chi connectivity index (χ1) is 7.17. The smallest absolute Gasteiger partial charge is 0.325 e. The summed E-state index contributed by atoms with van der Waals surface area (Å²) in [6.07, 6.45) is -0.308. The van der Waals surface area contributed by atoms with Gasteiger partial charge in [-0.15, -0.1) is 0 Å². The van der Waals surface area contributed by atoms with Crippen molar-refractivity contribution in [2.45, 2.75) is 43.6 Å². The first kappa shape index (κ1) is 14.9. The van der Waals surface area contributed by atoms with Crippen molar-refractivity contribution >= 4 is 21.8 Å². The van der Waals surface area contributed by atoms with Crippen LogP contribution in [0.4, 0.5) is 0 Å². The Bertz CT molecular complexity index is 379. The van der Waals surface area contributed by atoms with Crippen LogP contribution in [0.15, 0.2) is 0 Å². The third-order valence-corrected chi connectivity index (χ3v) is 5.86. The van der Waals surface area contributed by atoms with Crippen LogP contribution >= 0.6 is 0 Å². The van der Waals surface area contributed by atoms with Gasteiger partial charge in [0.1, 0.15) is 0 Å². The number of aliphatic carboxylic acids is 2. The van der Waals surface area contributed by atoms with Crippen molar-refractivity contribution in [1.29, 1.82) is 0 Å². The van der Waals surface area contributed by atoms with Gasteiger partial charge in [0.25, 0.3) is 0 Å². The second-order valence-electron chi connectivity index (χ2n) is 3.53. The molecule has 0 aromatic heterocycles. The van der Waals surface area contributed by atoms with E-state index in [1.165, 1.54) is 13.8 Å². The van der Waals surface area contributed by atoms with E-state index in [0.29, 0.717) is 0 Å². The van der Waals surface area contributed by atoms with Crippen molar-refractivity contribution in [3.05, 3.63) is 0 Å². The van der Waals surface area contributed by atoms with Gasteiger partial charge in [-0.1, -0.05) is 13.8 Å². The molecule has 0 saturated carbocycles. The van der Waals surface area contributed by atoms with Crippen LogP contribution in [0.2, 0.25) is 0 Å². The largest absolute Gasteiger partial charge is 0.480 e. The fraction of sp³-hybridized carbons (Fsp3) is 0.778. The highest BCUT2D eigenvalue weighted by atomic mass is 32.2. The molecular weight excluding hydrogens is 236 g/mol. The number of carboxylic acids is 2. The second kappa shape index (κ2) is 4.82. The van der Waals surface area contributed by atoms with Crippen LogP contribution in [0.1, 0.15) is 33.6 Å². The molecule has 2 N–H and O–H groups in total. The zero-order chi connectivity index (χ0) is 13.1. The Labute approximate surface area is 94.2 Å². The molecule has 94 valence electrons. The Morgan fingerprint density at radius 2 is 1.56 bits per heavy atom. The van der Waals surface area contributed by atoms with Gasteiger partial charge in [0, 0.05) is 0 Å². The van der Waals surface area contributed by atoms with Crippen molar-refractivity contribution in [3.63, 3.8) is 0 Å². The lowest BCUT2D eigenvalue weighted by molar-refractivity contribution is -0.140. The number of carboxylic acid groups (broad SMARTS) is 2. The summed E-state index contributed by atoms with van der Waals surface area (Å²) < 4.78 is 21.9. The minimum Gasteiger partial charge on any atom is -0.480 e. The van der Waals surface area contributed by atoms with Crippen LogP contribution in [-0.2, 0) is 19.4 Å². The van der Waals surface area contributed by atoms with Crippen molar-refractivity contribution < 1.29 is 28.2 Å². The molecule has 0 bridgehead atoms. The average molecular weight is 252 g/mol. The third-order valence-electron chi connectivity index (χ3n) is 2.89. The van der Waals surface area contributed by atoms with Gasteiger partial charge >= 0.3 is 11.9 Å². The van der Waals surface area contributed by atoms with Gasteiger partial charge in [-0.3, -0.25) is 9.59 Å². The van der Waals surface area contributed by atoms with Gasteiger partial charge in [-0.25, -0.2) is 8.42 Å². The number of hydrogen-bond donors (Lipinski definition) is 2. The minimum atomic E-state index is -4.26. The van der Waals surface area contributed by atoms with Gasteiger partial charge in [-0.2, -0.15) is 0 Å². The van der Waals surface area contributed by atoms with Crippen molar-refractivity contribution in [3.8, 4) is 0 Å². The Balaban J connectivity index is 5.73. The van der Waals surface area contributed by atoms with E-state index < -0.39 is 31.8 Å². The summed E-state index contributed by atoms with van der Waals surface area (Å²) in [6, 6.07) is 0. The summed E-state index contributed by atoms with van der Waals surface area (Å²) in [7, 11) is -4.26. The zero-order valence-electron chi connectivity index (χ0n) is 9.43. The molecule has 0 aliphatic carbocycles. The lowest BCUT2D eigenvalue weighted by Crippen LogP contribution is -2.51. The molecule has 0 rings (SSSR count). The molecular formula is C9H16O6S. The fourth-order valence-corrected chi connectivity index (χ4v) is 3.54. The van der Waals surface area contributed by atoms with E-state index >= 15 is 0 Å². The summed E-state index contributed by atoms with van der Waals surface area (Å²) in [4.78, 5) is 21.8. The minimum absolute atomic E-state index is 0.154. The van der Waals surface area contributed by atoms with Crippen molar-refractivity contribution in [2.24, 2.45) is 0 Å². The molecule has 7 heteroatoms. The molecule has 1 unspecified atom stereocenters. The molecule has 1 atom stereocenters. The highest BCUT2D eigenvalue weighted by Gasteiger charge is 2.52. The standard InChI is InChI=1S/C9H16O6S/c1-4-9(5-2,8(12)13)16(14,15)6(3)7(10)11/h6H,4-5H2,1-3H3,(H,10,11)(H,12,13). The number of rotatable bonds is 6. The molecule has 16 heavy (non-hydrogen) atoms. The van der Waals surface area contributed by atoms with Crippen LogP contribution in [0, 0.1) is 0 Å². The molecule has 6 nitrogen and oxygen atoms in total. The predicted molar refractivity (Wildman–Crippen MR) is 57.0 cm³/mol. The van der Waals surface area contributed by atoms with Gasteiger partial charge in [0.15, 0.2) is 19.8 Å². The molecule has 0 aromatic carbocycles. The molecule has 0 radical (unpaired) electrons. The van der Waals surface area contributed by atoms with Gasteiger partial charge in [0.05, 0.1) is 0 Å². The molecule has 0 spiro atoms. The Morgan fingerprint density at radius 1 is 1.19 bits per heavy atom. The summed E-state index contributed by atoms with van der Waals surface area (Å²) in [5, 5.41) is 16.0. The van der Waals surface area contributed by atoms with Gasteiger partial charge < -0.3 is 10.2 Å². The Kier molecular flexibility index (Phi) is 4.48. The third kappa shape index (κ3) is 2.04. The molecule has 0 fully saturated rings. The van der Waals surface area contributed by atoms with Crippen LogP contribution in [-0.4, -0.2) is 40.6 Å². The van der Waals surface area contributed by atoms with Crippen LogP contribution < -0.4 is 0 Å². The average Bonchev–Trinajstić information content (AvgIpc) is 2.18. The van der Waals surface area contributed by atoms with E-state index in [1.807, 2.05) is 0 Å². The van der Waals surface area contributed by atoms with E-state index in [9.17, 15) is 18.0 Å². The monoisotopic (exact) mass is 252 g/mol. The molecule has 0 aliphatic heterocycles. The summed E-state index contributed by atoms with van der Waals surface area (Å²) in [5.74, 6) is -3.03. The van der Waals surface area contributed by atoms with Crippen LogP contribution in [0.25, 0.3) is 0 Å². The van der Waals surface area contributed by atoms with Crippen molar-refractivity contribution in [1.82, 2.24) is 0 Å². The summed E-state index contributed by atoms with van der Waals surface area (Å²) >= 11 is 0. The number of carbonyl (C=O) groups is 2. The summed E-state index contributed by atoms with van der Waals surface area (Å²) in [5.41, 5.74) is 0. The van der Waals surface area contributed by atoms with E-state index in [-0.39, 0.29) is 12.8 Å². The highest BCUT2D eigenvalue weighted by molar-refractivity contribution is 7.94. The maximum Gasteiger partial charge on any atom is 0.325 e.